The largest absolute Gasteiger partial charge is 0.463 e. The van der Waals surface area contributed by atoms with E-state index in [1.54, 1.807) is 12.1 Å². The minimum absolute atomic E-state index is 0.000986. The minimum atomic E-state index is -0.436. The molecule has 0 aliphatic heterocycles. The van der Waals surface area contributed by atoms with Crippen molar-refractivity contribution in [3.63, 3.8) is 0 Å². The number of nitrogens with two attached hydrogens (primary N) is 1. The van der Waals surface area contributed by atoms with Gasteiger partial charge in [0.05, 0.1) is 12.3 Å². The van der Waals surface area contributed by atoms with Crippen LogP contribution in [0.3, 0.4) is 0 Å². The molecule has 0 spiro atoms. The van der Waals surface area contributed by atoms with Crippen molar-refractivity contribution in [2.75, 3.05) is 17.7 Å². The third-order valence-electron chi connectivity index (χ3n) is 2.27. The molecule has 0 atom stereocenters. The summed E-state index contributed by atoms with van der Waals surface area (Å²) in [6.07, 6.45) is 0.813. The SMILES string of the molecule is CCCOc1nc(N)nc(Nc2c(F)cccc2Br)n1. The van der Waals surface area contributed by atoms with Gasteiger partial charge >= 0.3 is 6.01 Å². The highest BCUT2D eigenvalue weighted by molar-refractivity contribution is 9.10. The van der Waals surface area contributed by atoms with Crippen LogP contribution in [-0.2, 0) is 0 Å². The first-order chi connectivity index (χ1) is 9.60. The van der Waals surface area contributed by atoms with Crippen LogP contribution < -0.4 is 15.8 Å². The summed E-state index contributed by atoms with van der Waals surface area (Å²) in [5.74, 6) is -0.315. The molecular weight excluding hydrogens is 329 g/mol. The lowest BCUT2D eigenvalue weighted by atomic mass is 10.3. The number of aromatic nitrogens is 3. The van der Waals surface area contributed by atoms with Crippen LogP contribution in [0.5, 0.6) is 6.01 Å². The van der Waals surface area contributed by atoms with Crippen molar-refractivity contribution in [2.45, 2.75) is 13.3 Å². The van der Waals surface area contributed by atoms with Crippen LogP contribution in [0.15, 0.2) is 22.7 Å². The Balaban J connectivity index is 2.27. The van der Waals surface area contributed by atoms with E-state index < -0.39 is 5.82 Å². The first kappa shape index (κ1) is 14.4. The van der Waals surface area contributed by atoms with Gasteiger partial charge in [0.2, 0.25) is 11.9 Å². The number of nitrogen functional groups attached to an aromatic ring is 1. The number of halogens is 2. The second kappa shape index (κ2) is 6.47. The molecule has 0 saturated heterocycles. The van der Waals surface area contributed by atoms with E-state index in [0.29, 0.717) is 11.1 Å². The molecule has 0 unspecified atom stereocenters. The van der Waals surface area contributed by atoms with Gasteiger partial charge in [-0.1, -0.05) is 13.0 Å². The molecule has 2 aromatic rings. The zero-order valence-electron chi connectivity index (χ0n) is 10.7. The number of hydrogen-bond acceptors (Lipinski definition) is 6. The third kappa shape index (κ3) is 3.53. The van der Waals surface area contributed by atoms with E-state index in [9.17, 15) is 4.39 Å². The van der Waals surface area contributed by atoms with E-state index >= 15 is 0 Å². The van der Waals surface area contributed by atoms with Gasteiger partial charge in [0.25, 0.3) is 0 Å². The summed E-state index contributed by atoms with van der Waals surface area (Å²) >= 11 is 3.25. The zero-order valence-corrected chi connectivity index (χ0v) is 12.3. The van der Waals surface area contributed by atoms with Crippen molar-refractivity contribution in [1.82, 2.24) is 15.0 Å². The maximum Gasteiger partial charge on any atom is 0.323 e. The molecule has 1 aromatic heterocycles. The Hall–Kier alpha value is -1.96. The number of nitrogens with zero attached hydrogens (tertiary/aromatic N) is 3. The molecule has 1 heterocycles. The Bertz CT molecular complexity index is 590. The maximum atomic E-state index is 13.7. The maximum absolute atomic E-state index is 13.7. The summed E-state index contributed by atoms with van der Waals surface area (Å²) in [6, 6.07) is 4.72. The molecule has 8 heteroatoms. The van der Waals surface area contributed by atoms with Gasteiger partial charge in [-0.25, -0.2) is 4.39 Å². The minimum Gasteiger partial charge on any atom is -0.463 e. The van der Waals surface area contributed by atoms with Crippen molar-refractivity contribution in [3.05, 3.63) is 28.5 Å². The average molecular weight is 342 g/mol. The molecule has 106 valence electrons. The predicted molar refractivity (Wildman–Crippen MR) is 77.4 cm³/mol. The van der Waals surface area contributed by atoms with Crippen LogP contribution in [0.2, 0.25) is 0 Å². The standard InChI is InChI=1S/C12H13BrFN5O/c1-2-6-20-12-18-10(15)17-11(19-12)16-9-7(13)4-3-5-8(9)14/h3-5H,2,6H2,1H3,(H3,15,16,17,18,19). The van der Waals surface area contributed by atoms with Crippen molar-refractivity contribution in [3.8, 4) is 6.01 Å². The first-order valence-electron chi connectivity index (χ1n) is 5.95. The van der Waals surface area contributed by atoms with Gasteiger partial charge in [-0.2, -0.15) is 15.0 Å². The van der Waals surface area contributed by atoms with Crippen LogP contribution in [0, 0.1) is 5.82 Å². The number of anilines is 3. The smallest absolute Gasteiger partial charge is 0.323 e. The molecule has 6 nitrogen and oxygen atoms in total. The van der Waals surface area contributed by atoms with Gasteiger partial charge in [0, 0.05) is 4.47 Å². The number of hydrogen-bond donors (Lipinski definition) is 2. The molecule has 1 aromatic carbocycles. The Labute approximate surface area is 123 Å². The van der Waals surface area contributed by atoms with E-state index in [0.717, 1.165) is 6.42 Å². The van der Waals surface area contributed by atoms with Crippen molar-refractivity contribution in [1.29, 1.82) is 0 Å². The summed E-state index contributed by atoms with van der Waals surface area (Å²) < 4.78 is 19.5. The van der Waals surface area contributed by atoms with Crippen LogP contribution in [0.1, 0.15) is 13.3 Å². The number of nitrogens with one attached hydrogen (secondary N) is 1. The van der Waals surface area contributed by atoms with Gasteiger partial charge in [-0.3, -0.25) is 0 Å². The predicted octanol–water partition coefficient (Wildman–Crippen LogP) is 2.89. The highest BCUT2D eigenvalue weighted by Crippen LogP contribution is 2.27. The first-order valence-corrected chi connectivity index (χ1v) is 6.75. The summed E-state index contributed by atoms with van der Waals surface area (Å²) in [5.41, 5.74) is 5.80. The summed E-state index contributed by atoms with van der Waals surface area (Å²) in [6.45, 7) is 2.42. The van der Waals surface area contributed by atoms with Gasteiger partial charge in [0.1, 0.15) is 5.82 Å². The topological polar surface area (TPSA) is 86.0 Å². The normalized spacial score (nSPS) is 10.3. The zero-order chi connectivity index (χ0) is 14.5. The lowest BCUT2D eigenvalue weighted by Gasteiger charge is -2.09. The molecule has 0 radical (unpaired) electrons. The summed E-state index contributed by atoms with van der Waals surface area (Å²) in [4.78, 5) is 11.8. The Morgan fingerprint density at radius 1 is 1.35 bits per heavy atom. The molecule has 0 fully saturated rings. The van der Waals surface area contributed by atoms with E-state index in [1.165, 1.54) is 6.07 Å². The van der Waals surface area contributed by atoms with Crippen molar-refractivity contribution < 1.29 is 9.13 Å². The van der Waals surface area contributed by atoms with Gasteiger partial charge in [-0.05, 0) is 34.5 Å². The molecule has 0 amide bonds. The van der Waals surface area contributed by atoms with E-state index in [-0.39, 0.29) is 23.6 Å². The quantitative estimate of drug-likeness (QED) is 0.869. The lowest BCUT2D eigenvalue weighted by molar-refractivity contribution is 0.292. The summed E-state index contributed by atoms with van der Waals surface area (Å²) in [7, 11) is 0. The fourth-order valence-electron chi connectivity index (χ4n) is 1.41. The lowest BCUT2D eigenvalue weighted by Crippen LogP contribution is -2.08. The van der Waals surface area contributed by atoms with E-state index in [1.807, 2.05) is 6.92 Å². The van der Waals surface area contributed by atoms with Crippen LogP contribution >= 0.6 is 15.9 Å². The molecule has 0 bridgehead atoms. The Morgan fingerprint density at radius 2 is 2.15 bits per heavy atom. The molecule has 2 rings (SSSR count). The molecular formula is C12H13BrFN5O. The monoisotopic (exact) mass is 341 g/mol. The summed E-state index contributed by atoms with van der Waals surface area (Å²) in [5, 5.41) is 2.75. The number of benzene rings is 1. The average Bonchev–Trinajstić information content (AvgIpc) is 2.40. The Morgan fingerprint density at radius 3 is 2.85 bits per heavy atom. The van der Waals surface area contributed by atoms with E-state index in [2.05, 4.69) is 36.2 Å². The molecule has 20 heavy (non-hydrogen) atoms. The molecule has 3 N–H and O–H groups in total. The second-order valence-corrected chi connectivity index (χ2v) is 4.72. The Kier molecular flexibility index (Phi) is 4.67. The van der Waals surface area contributed by atoms with Gasteiger partial charge in [0.15, 0.2) is 0 Å². The van der Waals surface area contributed by atoms with Crippen LogP contribution in [0.4, 0.5) is 22.0 Å². The van der Waals surface area contributed by atoms with Crippen LogP contribution in [0.25, 0.3) is 0 Å². The highest BCUT2D eigenvalue weighted by atomic mass is 79.9. The molecule has 0 aliphatic rings. The van der Waals surface area contributed by atoms with Crippen molar-refractivity contribution >= 4 is 33.5 Å². The van der Waals surface area contributed by atoms with Crippen molar-refractivity contribution in [2.24, 2.45) is 0 Å². The third-order valence-corrected chi connectivity index (χ3v) is 2.93. The number of ether oxygens (including phenoxy) is 1. The highest BCUT2D eigenvalue weighted by Gasteiger charge is 2.10. The van der Waals surface area contributed by atoms with Gasteiger partial charge in [-0.15, -0.1) is 0 Å². The second-order valence-electron chi connectivity index (χ2n) is 3.87. The number of rotatable bonds is 5. The fourth-order valence-corrected chi connectivity index (χ4v) is 1.86. The van der Waals surface area contributed by atoms with E-state index in [4.69, 9.17) is 10.5 Å². The molecule has 0 aliphatic carbocycles. The fraction of sp³-hybridized carbons (Fsp3) is 0.250. The number of para-hydroxylation sites is 1. The van der Waals surface area contributed by atoms with Gasteiger partial charge < -0.3 is 15.8 Å². The van der Waals surface area contributed by atoms with Crippen LogP contribution in [-0.4, -0.2) is 21.6 Å². The molecule has 0 saturated carbocycles.